The van der Waals surface area contributed by atoms with E-state index >= 15 is 0 Å². The first kappa shape index (κ1) is 17.1. The third-order valence-electron chi connectivity index (χ3n) is 5.91. The molecule has 4 heteroatoms. The minimum absolute atomic E-state index is 0.0709. The van der Waals surface area contributed by atoms with Gasteiger partial charge in [-0.25, -0.2) is 0 Å². The van der Waals surface area contributed by atoms with Crippen molar-refractivity contribution in [3.63, 3.8) is 0 Å². The molecule has 1 heterocycles. The average Bonchev–Trinajstić information content (AvgIpc) is 3.46. The van der Waals surface area contributed by atoms with Gasteiger partial charge in [-0.1, -0.05) is 42.5 Å². The molecule has 26 heavy (non-hydrogen) atoms. The van der Waals surface area contributed by atoms with Gasteiger partial charge in [0.2, 0.25) is 5.91 Å². The van der Waals surface area contributed by atoms with Crippen LogP contribution in [0.5, 0.6) is 0 Å². The third-order valence-corrected chi connectivity index (χ3v) is 5.91. The lowest BCUT2D eigenvalue weighted by Gasteiger charge is -2.36. The highest BCUT2D eigenvalue weighted by Crippen LogP contribution is 2.49. The molecule has 1 saturated carbocycles. The van der Waals surface area contributed by atoms with E-state index in [2.05, 4.69) is 30.3 Å². The Hall–Kier alpha value is -2.36. The summed E-state index contributed by atoms with van der Waals surface area (Å²) < 4.78 is 0. The minimum Gasteiger partial charge on any atom is -0.481 e. The molecule has 3 atom stereocenters. The van der Waals surface area contributed by atoms with Gasteiger partial charge in [0.05, 0.1) is 0 Å². The number of benzene rings is 2. The molecule has 1 N–H and O–H groups in total. The smallest absolute Gasteiger partial charge is 0.303 e. The van der Waals surface area contributed by atoms with E-state index in [0.29, 0.717) is 12.3 Å². The van der Waals surface area contributed by atoms with Crippen molar-refractivity contribution in [2.45, 2.75) is 50.5 Å². The van der Waals surface area contributed by atoms with Gasteiger partial charge in [-0.3, -0.25) is 9.59 Å². The van der Waals surface area contributed by atoms with Crippen molar-refractivity contribution in [3.05, 3.63) is 48.0 Å². The number of carbonyl (C=O) groups is 2. The van der Waals surface area contributed by atoms with Crippen LogP contribution in [0.1, 0.15) is 50.0 Å². The summed E-state index contributed by atoms with van der Waals surface area (Å²) in [5.74, 6) is -0.155. The average molecular weight is 351 g/mol. The maximum Gasteiger partial charge on any atom is 0.303 e. The number of fused-ring (bicyclic) bond motifs is 1. The number of likely N-dealkylation sites (tertiary alicyclic amines) is 1. The zero-order valence-electron chi connectivity index (χ0n) is 14.9. The maximum atomic E-state index is 13.0. The molecule has 4 nitrogen and oxygen atoms in total. The van der Waals surface area contributed by atoms with E-state index in [4.69, 9.17) is 5.11 Å². The van der Waals surface area contributed by atoms with Crippen LogP contribution in [0.3, 0.4) is 0 Å². The van der Waals surface area contributed by atoms with Gasteiger partial charge in [-0.2, -0.15) is 0 Å². The maximum absolute atomic E-state index is 13.0. The first-order valence-electron chi connectivity index (χ1n) is 9.64. The Balaban J connectivity index is 1.45. The van der Waals surface area contributed by atoms with E-state index in [9.17, 15) is 9.59 Å². The zero-order valence-corrected chi connectivity index (χ0v) is 14.9. The Morgan fingerprint density at radius 1 is 1.08 bits per heavy atom. The third kappa shape index (κ3) is 3.46. The second kappa shape index (κ2) is 7.10. The number of hydrogen-bond donors (Lipinski definition) is 1. The van der Waals surface area contributed by atoms with E-state index < -0.39 is 5.97 Å². The van der Waals surface area contributed by atoms with Crippen molar-refractivity contribution in [1.82, 2.24) is 4.90 Å². The topological polar surface area (TPSA) is 57.6 Å². The van der Waals surface area contributed by atoms with Gasteiger partial charge in [0, 0.05) is 24.9 Å². The summed E-state index contributed by atoms with van der Waals surface area (Å²) in [5, 5.41) is 11.4. The van der Waals surface area contributed by atoms with Gasteiger partial charge < -0.3 is 10.0 Å². The molecular formula is C22H25NO3. The van der Waals surface area contributed by atoms with Crippen LogP contribution >= 0.6 is 0 Å². The number of carboxylic acid groups (broad SMARTS) is 1. The molecule has 1 saturated heterocycles. The summed E-state index contributed by atoms with van der Waals surface area (Å²) in [6.07, 6.45) is 4.70. The summed E-state index contributed by atoms with van der Waals surface area (Å²) in [6, 6.07) is 14.9. The first-order chi connectivity index (χ1) is 12.6. The SMILES string of the molecule is O=C(O)CCC1CCCCN1C(=O)C1CC1c1ccc2ccccc2c1. The number of amides is 1. The summed E-state index contributed by atoms with van der Waals surface area (Å²) in [5.41, 5.74) is 1.25. The van der Waals surface area contributed by atoms with Gasteiger partial charge in [0.25, 0.3) is 0 Å². The fourth-order valence-electron chi connectivity index (χ4n) is 4.37. The van der Waals surface area contributed by atoms with Gasteiger partial charge in [0.15, 0.2) is 0 Å². The second-order valence-corrected chi connectivity index (χ2v) is 7.67. The minimum atomic E-state index is -0.775. The first-order valence-corrected chi connectivity index (χ1v) is 9.64. The predicted octanol–water partition coefficient (Wildman–Crippen LogP) is 4.19. The molecule has 1 amide bonds. The molecule has 1 aliphatic carbocycles. The van der Waals surface area contributed by atoms with E-state index in [1.807, 2.05) is 17.0 Å². The van der Waals surface area contributed by atoms with Crippen LogP contribution in [0, 0.1) is 5.92 Å². The molecule has 0 aromatic heterocycles. The van der Waals surface area contributed by atoms with Crippen molar-refractivity contribution >= 4 is 22.6 Å². The molecule has 2 fully saturated rings. The number of carboxylic acids is 1. The van der Waals surface area contributed by atoms with Crippen LogP contribution in [0.25, 0.3) is 10.8 Å². The molecule has 0 radical (unpaired) electrons. The van der Waals surface area contributed by atoms with Crippen LogP contribution in [0.2, 0.25) is 0 Å². The second-order valence-electron chi connectivity index (χ2n) is 7.67. The van der Waals surface area contributed by atoms with E-state index in [-0.39, 0.29) is 24.3 Å². The lowest BCUT2D eigenvalue weighted by molar-refractivity contribution is -0.140. The molecule has 0 spiro atoms. The lowest BCUT2D eigenvalue weighted by Crippen LogP contribution is -2.44. The van der Waals surface area contributed by atoms with Gasteiger partial charge in [-0.05, 0) is 54.4 Å². The van der Waals surface area contributed by atoms with Gasteiger partial charge in [0.1, 0.15) is 0 Å². The van der Waals surface area contributed by atoms with Crippen molar-refractivity contribution < 1.29 is 14.7 Å². The number of piperidine rings is 1. The quantitative estimate of drug-likeness (QED) is 0.879. The van der Waals surface area contributed by atoms with E-state index in [1.54, 1.807) is 0 Å². The Morgan fingerprint density at radius 2 is 1.88 bits per heavy atom. The van der Waals surface area contributed by atoms with Crippen LogP contribution in [0.4, 0.5) is 0 Å². The summed E-state index contributed by atoms with van der Waals surface area (Å²) >= 11 is 0. The van der Waals surface area contributed by atoms with Crippen molar-refractivity contribution in [2.75, 3.05) is 6.54 Å². The fraction of sp³-hybridized carbons (Fsp3) is 0.455. The predicted molar refractivity (Wildman–Crippen MR) is 101 cm³/mol. The number of aliphatic carboxylic acids is 1. The number of rotatable bonds is 5. The Bertz CT molecular complexity index is 831. The van der Waals surface area contributed by atoms with Crippen molar-refractivity contribution in [2.24, 2.45) is 5.92 Å². The largest absolute Gasteiger partial charge is 0.481 e. The van der Waals surface area contributed by atoms with Crippen LogP contribution in [0.15, 0.2) is 42.5 Å². The molecule has 2 aromatic rings. The normalized spacial score (nSPS) is 25.2. The molecule has 2 aliphatic rings. The number of carbonyl (C=O) groups excluding carboxylic acids is 1. The zero-order chi connectivity index (χ0) is 18.1. The molecular weight excluding hydrogens is 326 g/mol. The van der Waals surface area contributed by atoms with Crippen molar-refractivity contribution in [3.8, 4) is 0 Å². The van der Waals surface area contributed by atoms with Crippen molar-refractivity contribution in [1.29, 1.82) is 0 Å². The molecule has 0 bridgehead atoms. The Kier molecular flexibility index (Phi) is 4.66. The standard InChI is InChI=1S/C22H25NO3/c24-21(25)11-10-18-7-3-4-12-23(18)22(26)20-14-19(20)17-9-8-15-5-1-2-6-16(15)13-17/h1-2,5-6,8-9,13,18-20H,3-4,7,10-12,14H2,(H,24,25). The molecule has 3 unspecified atom stereocenters. The number of nitrogens with zero attached hydrogens (tertiary/aromatic N) is 1. The summed E-state index contributed by atoms with van der Waals surface area (Å²) in [4.78, 5) is 25.9. The van der Waals surface area contributed by atoms with Gasteiger partial charge in [-0.15, -0.1) is 0 Å². The molecule has 2 aromatic carbocycles. The summed E-state index contributed by atoms with van der Waals surface area (Å²) in [7, 11) is 0. The molecule has 4 rings (SSSR count). The summed E-state index contributed by atoms with van der Waals surface area (Å²) in [6.45, 7) is 0.782. The van der Waals surface area contributed by atoms with Gasteiger partial charge >= 0.3 is 5.97 Å². The molecule has 136 valence electrons. The monoisotopic (exact) mass is 351 g/mol. The Morgan fingerprint density at radius 3 is 2.69 bits per heavy atom. The fourth-order valence-corrected chi connectivity index (χ4v) is 4.37. The lowest BCUT2D eigenvalue weighted by atomic mass is 9.96. The highest BCUT2D eigenvalue weighted by atomic mass is 16.4. The van der Waals surface area contributed by atoms with E-state index in [0.717, 1.165) is 32.2 Å². The van der Waals surface area contributed by atoms with E-state index in [1.165, 1.54) is 16.3 Å². The molecule has 1 aliphatic heterocycles. The highest BCUT2D eigenvalue weighted by molar-refractivity contribution is 5.86. The Labute approximate surface area is 153 Å². The van der Waals surface area contributed by atoms with Crippen LogP contribution in [-0.2, 0) is 9.59 Å². The number of hydrogen-bond acceptors (Lipinski definition) is 2. The van der Waals surface area contributed by atoms with Crippen LogP contribution in [-0.4, -0.2) is 34.5 Å². The highest BCUT2D eigenvalue weighted by Gasteiger charge is 2.47. The van der Waals surface area contributed by atoms with Crippen LogP contribution < -0.4 is 0 Å².